The second kappa shape index (κ2) is 8.46. The maximum atomic E-state index is 12.7. The Morgan fingerprint density at radius 1 is 1.06 bits per heavy atom. The predicted molar refractivity (Wildman–Crippen MR) is 133 cm³/mol. The molecular weight excluding hydrogens is 392 g/mol. The number of methoxy groups -OCH3 is 1. The second-order valence-electron chi connectivity index (χ2n) is 13.7. The molecule has 0 radical (unpaired) electrons. The fourth-order valence-electron chi connectivity index (χ4n) is 9.77. The van der Waals surface area contributed by atoms with Crippen LogP contribution in [0, 0.1) is 57.7 Å². The molecule has 0 saturated heterocycles. The summed E-state index contributed by atoms with van der Waals surface area (Å²) in [7, 11) is 1.56. The van der Waals surface area contributed by atoms with E-state index in [1.807, 2.05) is 0 Å². The van der Waals surface area contributed by atoms with Gasteiger partial charge in [0.15, 0.2) is 0 Å². The number of allylic oxidation sites excluding steroid dienone is 2. The van der Waals surface area contributed by atoms with E-state index in [-0.39, 0.29) is 22.7 Å². The Balaban J connectivity index is 1.54. The van der Waals surface area contributed by atoms with E-state index in [0.29, 0.717) is 5.41 Å². The first kappa shape index (κ1) is 24.3. The second-order valence-corrected chi connectivity index (χ2v) is 13.7. The molecule has 4 aliphatic rings. The third-order valence-electron chi connectivity index (χ3n) is 11.3. The van der Waals surface area contributed by atoms with Gasteiger partial charge in [-0.2, -0.15) is 0 Å². The Hall–Kier alpha value is -0.790. The summed E-state index contributed by atoms with van der Waals surface area (Å²) in [5.41, 5.74) is 2.20. The van der Waals surface area contributed by atoms with Crippen molar-refractivity contribution in [3.05, 3.63) is 11.6 Å². The fraction of sp³-hybridized carbons (Fsp3) is 0.900. The Morgan fingerprint density at radius 3 is 2.44 bits per heavy atom. The van der Waals surface area contributed by atoms with Gasteiger partial charge in [0.1, 0.15) is 0 Å². The average molecular weight is 443 g/mol. The van der Waals surface area contributed by atoms with Gasteiger partial charge in [-0.3, -0.25) is 4.79 Å². The maximum Gasteiger partial charge on any atom is 0.309 e. The summed E-state index contributed by atoms with van der Waals surface area (Å²) in [6.45, 7) is 17.0. The summed E-state index contributed by atoms with van der Waals surface area (Å²) < 4.78 is 5.26. The van der Waals surface area contributed by atoms with Crippen molar-refractivity contribution in [2.24, 2.45) is 57.7 Å². The van der Waals surface area contributed by atoms with Crippen molar-refractivity contribution in [1.29, 1.82) is 0 Å². The largest absolute Gasteiger partial charge is 0.469 e. The van der Waals surface area contributed by atoms with Crippen LogP contribution in [-0.2, 0) is 9.53 Å². The van der Waals surface area contributed by atoms with E-state index in [2.05, 4.69) is 54.5 Å². The van der Waals surface area contributed by atoms with E-state index in [9.17, 15) is 4.79 Å². The van der Waals surface area contributed by atoms with E-state index in [1.165, 1.54) is 51.4 Å². The van der Waals surface area contributed by atoms with Gasteiger partial charge in [-0.05, 0) is 90.3 Å². The number of esters is 1. The summed E-state index contributed by atoms with van der Waals surface area (Å²) in [6, 6.07) is 0. The zero-order valence-electron chi connectivity index (χ0n) is 22.3. The molecule has 8 unspecified atom stereocenters. The molecule has 8 atom stereocenters. The van der Waals surface area contributed by atoms with Crippen LogP contribution in [0.3, 0.4) is 0 Å². The van der Waals surface area contributed by atoms with Gasteiger partial charge in [-0.1, -0.05) is 79.4 Å². The lowest BCUT2D eigenvalue weighted by atomic mass is 9.48. The molecule has 0 spiro atoms. The van der Waals surface area contributed by atoms with E-state index in [4.69, 9.17) is 4.74 Å². The Labute approximate surface area is 198 Å². The van der Waals surface area contributed by atoms with Gasteiger partial charge in [0, 0.05) is 0 Å². The summed E-state index contributed by atoms with van der Waals surface area (Å²) in [5, 5.41) is 0. The first-order valence-electron chi connectivity index (χ1n) is 13.8. The topological polar surface area (TPSA) is 26.3 Å². The fourth-order valence-corrected chi connectivity index (χ4v) is 9.77. The van der Waals surface area contributed by atoms with Crippen LogP contribution in [0.2, 0.25) is 0 Å². The summed E-state index contributed by atoms with van der Waals surface area (Å²) in [4.78, 5) is 12.7. The molecule has 3 fully saturated rings. The highest BCUT2D eigenvalue weighted by Crippen LogP contribution is 2.71. The van der Waals surface area contributed by atoms with Crippen molar-refractivity contribution in [2.75, 3.05) is 7.11 Å². The van der Waals surface area contributed by atoms with Gasteiger partial charge in [0.25, 0.3) is 0 Å². The van der Waals surface area contributed by atoms with Crippen molar-refractivity contribution in [3.63, 3.8) is 0 Å². The van der Waals surface area contributed by atoms with Crippen LogP contribution >= 0.6 is 0 Å². The first-order valence-corrected chi connectivity index (χ1v) is 13.8. The lowest BCUT2D eigenvalue weighted by molar-refractivity contribution is -0.148. The number of carbonyl (C=O) groups excluding carboxylic acids is 1. The van der Waals surface area contributed by atoms with Crippen LogP contribution in [0.25, 0.3) is 0 Å². The standard InChI is InChI=1S/C30H50O2/c1-19(2)10-9-11-20(3)22-13-14-23-21-12-15-26-28(4,5)25(27(31)32-8)18-30(26,7)24(21)16-17-29(22,23)6/h15,19-25H,9-14,16-18H2,1-8H3. The summed E-state index contributed by atoms with van der Waals surface area (Å²) >= 11 is 0. The van der Waals surface area contributed by atoms with Crippen molar-refractivity contribution >= 4 is 5.97 Å². The van der Waals surface area contributed by atoms with Crippen LogP contribution in [-0.4, -0.2) is 13.1 Å². The van der Waals surface area contributed by atoms with Crippen molar-refractivity contribution in [1.82, 2.24) is 0 Å². The van der Waals surface area contributed by atoms with Crippen molar-refractivity contribution in [3.8, 4) is 0 Å². The molecule has 182 valence electrons. The lowest BCUT2D eigenvalue weighted by Crippen LogP contribution is -2.49. The molecule has 2 nitrogen and oxygen atoms in total. The minimum atomic E-state index is -0.0727. The van der Waals surface area contributed by atoms with Gasteiger partial charge in [0.2, 0.25) is 0 Å². The molecule has 4 rings (SSSR count). The minimum Gasteiger partial charge on any atom is -0.469 e. The van der Waals surface area contributed by atoms with Gasteiger partial charge >= 0.3 is 5.97 Å². The molecule has 4 aliphatic carbocycles. The summed E-state index contributed by atoms with van der Waals surface area (Å²) in [6.07, 6.45) is 14.6. The van der Waals surface area contributed by atoms with E-state index in [0.717, 1.165) is 41.9 Å². The number of hydrogen-bond acceptors (Lipinski definition) is 2. The minimum absolute atomic E-state index is 0.000115. The number of ether oxygens (including phenoxy) is 1. The van der Waals surface area contributed by atoms with Crippen LogP contribution in [0.4, 0.5) is 0 Å². The third-order valence-corrected chi connectivity index (χ3v) is 11.3. The van der Waals surface area contributed by atoms with E-state index >= 15 is 0 Å². The van der Waals surface area contributed by atoms with Gasteiger partial charge in [0.05, 0.1) is 13.0 Å². The summed E-state index contributed by atoms with van der Waals surface area (Å²) in [5.74, 6) is 5.02. The van der Waals surface area contributed by atoms with Crippen LogP contribution in [0.5, 0.6) is 0 Å². The molecule has 0 N–H and O–H groups in total. The Bertz CT molecular complexity index is 748. The molecule has 0 amide bonds. The quantitative estimate of drug-likeness (QED) is 0.307. The van der Waals surface area contributed by atoms with Crippen LogP contribution in [0.15, 0.2) is 11.6 Å². The number of rotatable bonds is 6. The van der Waals surface area contributed by atoms with Crippen LogP contribution in [0.1, 0.15) is 106 Å². The molecule has 32 heavy (non-hydrogen) atoms. The molecular formula is C30H50O2. The number of carbonyl (C=O) groups is 1. The van der Waals surface area contributed by atoms with E-state index in [1.54, 1.807) is 12.7 Å². The normalized spacial score (nSPS) is 43.3. The molecule has 0 bridgehead atoms. The molecule has 0 aromatic heterocycles. The molecule has 0 aromatic rings. The van der Waals surface area contributed by atoms with Crippen molar-refractivity contribution < 1.29 is 9.53 Å². The van der Waals surface area contributed by atoms with Gasteiger partial charge in [-0.15, -0.1) is 0 Å². The Morgan fingerprint density at radius 2 is 1.78 bits per heavy atom. The molecule has 3 saturated carbocycles. The molecule has 0 heterocycles. The smallest absolute Gasteiger partial charge is 0.309 e. The molecule has 0 aromatic carbocycles. The SMILES string of the molecule is COC(=O)C1CC2(C)C(=CCC3C2CCC2(C)C(C(C)CCCC(C)C)CCC32)C1(C)C. The van der Waals surface area contributed by atoms with Crippen molar-refractivity contribution in [2.45, 2.75) is 106 Å². The zero-order valence-corrected chi connectivity index (χ0v) is 22.3. The first-order chi connectivity index (χ1) is 15.0. The van der Waals surface area contributed by atoms with E-state index < -0.39 is 0 Å². The Kier molecular flexibility index (Phi) is 6.43. The lowest BCUT2D eigenvalue weighted by Gasteiger charge is -2.56. The highest BCUT2D eigenvalue weighted by molar-refractivity contribution is 5.75. The van der Waals surface area contributed by atoms with Gasteiger partial charge < -0.3 is 4.74 Å². The predicted octanol–water partition coefficient (Wildman–Crippen LogP) is 8.06. The highest BCUT2D eigenvalue weighted by Gasteiger charge is 2.64. The zero-order chi connectivity index (χ0) is 23.5. The maximum absolute atomic E-state index is 12.7. The van der Waals surface area contributed by atoms with Gasteiger partial charge in [-0.25, -0.2) is 0 Å². The van der Waals surface area contributed by atoms with Crippen LogP contribution < -0.4 is 0 Å². The average Bonchev–Trinajstić information content (AvgIpc) is 3.18. The molecule has 0 aliphatic heterocycles. The third kappa shape index (κ3) is 3.61. The number of hydrogen-bond donors (Lipinski definition) is 0. The highest BCUT2D eigenvalue weighted by atomic mass is 16.5. The number of fused-ring (bicyclic) bond motifs is 5. The molecule has 2 heteroatoms. The monoisotopic (exact) mass is 442 g/mol.